The minimum absolute atomic E-state index is 0.000901. The SMILES string of the molecule is CCOC1CCN(c2cccc(Cl)c2[N+](=O)[O-])CC1. The van der Waals surface area contributed by atoms with Crippen LogP contribution in [0, 0.1) is 10.1 Å². The van der Waals surface area contributed by atoms with Gasteiger partial charge in [0.2, 0.25) is 0 Å². The molecule has 0 radical (unpaired) electrons. The van der Waals surface area contributed by atoms with Gasteiger partial charge in [-0.15, -0.1) is 0 Å². The third-order valence-corrected chi connectivity index (χ3v) is 3.64. The van der Waals surface area contributed by atoms with Crippen molar-refractivity contribution in [2.45, 2.75) is 25.9 Å². The molecule has 6 heteroatoms. The third kappa shape index (κ3) is 3.16. The molecule has 0 N–H and O–H groups in total. The van der Waals surface area contributed by atoms with E-state index in [1.807, 2.05) is 11.8 Å². The van der Waals surface area contributed by atoms with Crippen LogP contribution >= 0.6 is 11.6 Å². The van der Waals surface area contributed by atoms with Crippen LogP contribution in [0.2, 0.25) is 5.02 Å². The number of halogens is 1. The maximum atomic E-state index is 11.1. The number of anilines is 1. The minimum Gasteiger partial charge on any atom is -0.378 e. The average Bonchev–Trinajstić information content (AvgIpc) is 2.39. The highest BCUT2D eigenvalue weighted by molar-refractivity contribution is 6.33. The van der Waals surface area contributed by atoms with Gasteiger partial charge in [-0.05, 0) is 31.9 Å². The van der Waals surface area contributed by atoms with Crippen LogP contribution < -0.4 is 4.90 Å². The summed E-state index contributed by atoms with van der Waals surface area (Å²) >= 11 is 5.93. The summed E-state index contributed by atoms with van der Waals surface area (Å²) in [5, 5.41) is 11.3. The zero-order valence-corrected chi connectivity index (χ0v) is 11.6. The molecule has 1 aromatic carbocycles. The molecule has 0 aliphatic carbocycles. The Balaban J connectivity index is 2.15. The highest BCUT2D eigenvalue weighted by atomic mass is 35.5. The summed E-state index contributed by atoms with van der Waals surface area (Å²) in [5.41, 5.74) is 0.603. The number of nitro benzene ring substituents is 1. The number of rotatable bonds is 4. The van der Waals surface area contributed by atoms with Gasteiger partial charge in [0.05, 0.1) is 11.0 Å². The molecule has 0 spiro atoms. The molecular weight excluding hydrogens is 268 g/mol. The predicted octanol–water partition coefficient (Wildman–Crippen LogP) is 3.25. The smallest absolute Gasteiger partial charge is 0.310 e. The van der Waals surface area contributed by atoms with E-state index in [1.165, 1.54) is 0 Å². The number of ether oxygens (including phenoxy) is 1. The molecule has 1 fully saturated rings. The number of para-hydroxylation sites is 1. The molecule has 1 aliphatic rings. The van der Waals surface area contributed by atoms with Gasteiger partial charge in [0.15, 0.2) is 0 Å². The number of nitro groups is 1. The zero-order chi connectivity index (χ0) is 13.8. The lowest BCUT2D eigenvalue weighted by Crippen LogP contribution is -2.37. The van der Waals surface area contributed by atoms with E-state index >= 15 is 0 Å². The van der Waals surface area contributed by atoms with Crippen molar-refractivity contribution < 1.29 is 9.66 Å². The van der Waals surface area contributed by atoms with Gasteiger partial charge in [0.25, 0.3) is 0 Å². The molecule has 0 unspecified atom stereocenters. The Bertz CT molecular complexity index is 459. The second-order valence-corrected chi connectivity index (χ2v) is 4.91. The molecule has 5 nitrogen and oxygen atoms in total. The largest absolute Gasteiger partial charge is 0.378 e. The molecule has 19 heavy (non-hydrogen) atoms. The van der Waals surface area contributed by atoms with E-state index in [2.05, 4.69) is 0 Å². The Morgan fingerprint density at radius 2 is 2.16 bits per heavy atom. The van der Waals surface area contributed by atoms with Crippen molar-refractivity contribution in [1.82, 2.24) is 0 Å². The van der Waals surface area contributed by atoms with Crippen LogP contribution in [0.5, 0.6) is 0 Å². The Morgan fingerprint density at radius 3 is 2.74 bits per heavy atom. The molecule has 0 amide bonds. The number of benzene rings is 1. The van der Waals surface area contributed by atoms with Crippen molar-refractivity contribution >= 4 is 23.0 Å². The van der Waals surface area contributed by atoms with Crippen LogP contribution in [0.1, 0.15) is 19.8 Å². The van der Waals surface area contributed by atoms with E-state index in [9.17, 15) is 10.1 Å². The summed E-state index contributed by atoms with van der Waals surface area (Å²) in [6.07, 6.45) is 2.04. The van der Waals surface area contributed by atoms with Gasteiger partial charge < -0.3 is 9.64 Å². The highest BCUT2D eigenvalue weighted by Gasteiger charge is 2.26. The Kier molecular flexibility index (Phi) is 4.61. The summed E-state index contributed by atoms with van der Waals surface area (Å²) in [5.74, 6) is 0. The van der Waals surface area contributed by atoms with Crippen molar-refractivity contribution in [1.29, 1.82) is 0 Å². The minimum atomic E-state index is -0.410. The first-order chi connectivity index (χ1) is 9.13. The van der Waals surface area contributed by atoms with Crippen molar-refractivity contribution in [3.8, 4) is 0 Å². The van der Waals surface area contributed by atoms with Crippen LogP contribution in [0.15, 0.2) is 18.2 Å². The monoisotopic (exact) mass is 284 g/mol. The molecule has 1 aliphatic heterocycles. The van der Waals surface area contributed by atoms with Crippen molar-refractivity contribution in [3.05, 3.63) is 33.3 Å². The zero-order valence-electron chi connectivity index (χ0n) is 10.8. The first-order valence-corrected chi connectivity index (χ1v) is 6.80. The number of piperidine rings is 1. The summed E-state index contributed by atoms with van der Waals surface area (Å²) in [7, 11) is 0. The van der Waals surface area contributed by atoms with Crippen LogP contribution in [-0.4, -0.2) is 30.7 Å². The molecule has 2 rings (SSSR count). The number of hydrogen-bond acceptors (Lipinski definition) is 4. The lowest BCUT2D eigenvalue weighted by Gasteiger charge is -2.33. The fourth-order valence-electron chi connectivity index (χ4n) is 2.44. The Labute approximate surface area is 117 Å². The fraction of sp³-hybridized carbons (Fsp3) is 0.538. The maximum Gasteiger partial charge on any atom is 0.310 e. The number of hydrogen-bond donors (Lipinski definition) is 0. The third-order valence-electron chi connectivity index (χ3n) is 3.33. The lowest BCUT2D eigenvalue weighted by molar-refractivity contribution is -0.384. The summed E-state index contributed by atoms with van der Waals surface area (Å²) in [4.78, 5) is 12.7. The van der Waals surface area contributed by atoms with Crippen LogP contribution in [0.3, 0.4) is 0 Å². The van der Waals surface area contributed by atoms with Crippen molar-refractivity contribution in [3.63, 3.8) is 0 Å². The molecular formula is C13H17ClN2O3. The van der Waals surface area contributed by atoms with Crippen LogP contribution in [-0.2, 0) is 4.74 Å². The predicted molar refractivity (Wildman–Crippen MR) is 75.0 cm³/mol. The standard InChI is InChI=1S/C13H17ClN2O3/c1-2-19-10-6-8-15(9-7-10)12-5-3-4-11(14)13(12)16(17)18/h3-5,10H,2,6-9H2,1H3. The topological polar surface area (TPSA) is 55.6 Å². The molecule has 1 aromatic rings. The molecule has 104 valence electrons. The lowest BCUT2D eigenvalue weighted by atomic mass is 10.1. The van der Waals surface area contributed by atoms with E-state index < -0.39 is 4.92 Å². The van der Waals surface area contributed by atoms with Gasteiger partial charge in [-0.25, -0.2) is 0 Å². The summed E-state index contributed by atoms with van der Waals surface area (Å²) < 4.78 is 5.58. The summed E-state index contributed by atoms with van der Waals surface area (Å²) in [6, 6.07) is 5.06. The van der Waals surface area contributed by atoms with Gasteiger partial charge >= 0.3 is 5.69 Å². The van der Waals surface area contributed by atoms with E-state index in [1.54, 1.807) is 18.2 Å². The van der Waals surface area contributed by atoms with Gasteiger partial charge in [-0.1, -0.05) is 17.7 Å². The molecule has 0 atom stereocenters. The normalized spacial score (nSPS) is 16.6. The molecule has 1 saturated heterocycles. The fourth-order valence-corrected chi connectivity index (χ4v) is 2.68. The first-order valence-electron chi connectivity index (χ1n) is 6.43. The number of nitrogens with zero attached hydrogens (tertiary/aromatic N) is 2. The quantitative estimate of drug-likeness (QED) is 0.629. The molecule has 1 heterocycles. The molecule has 0 aromatic heterocycles. The van der Waals surface area contributed by atoms with E-state index in [0.29, 0.717) is 12.3 Å². The van der Waals surface area contributed by atoms with E-state index in [0.717, 1.165) is 25.9 Å². The van der Waals surface area contributed by atoms with Gasteiger partial charge in [-0.2, -0.15) is 0 Å². The first kappa shape index (κ1) is 14.1. The average molecular weight is 285 g/mol. The Morgan fingerprint density at radius 1 is 1.47 bits per heavy atom. The van der Waals surface area contributed by atoms with Gasteiger partial charge in [0.1, 0.15) is 10.7 Å². The van der Waals surface area contributed by atoms with Crippen molar-refractivity contribution in [2.75, 3.05) is 24.6 Å². The van der Waals surface area contributed by atoms with E-state index in [-0.39, 0.29) is 16.8 Å². The maximum absolute atomic E-state index is 11.1. The van der Waals surface area contributed by atoms with Crippen LogP contribution in [0.25, 0.3) is 0 Å². The molecule has 0 bridgehead atoms. The highest BCUT2D eigenvalue weighted by Crippen LogP contribution is 2.36. The van der Waals surface area contributed by atoms with Crippen molar-refractivity contribution in [2.24, 2.45) is 0 Å². The second kappa shape index (κ2) is 6.21. The second-order valence-electron chi connectivity index (χ2n) is 4.51. The Hall–Kier alpha value is -1.33. The van der Waals surface area contributed by atoms with Crippen LogP contribution in [0.4, 0.5) is 11.4 Å². The van der Waals surface area contributed by atoms with Gasteiger partial charge in [-0.3, -0.25) is 10.1 Å². The van der Waals surface area contributed by atoms with Gasteiger partial charge in [0, 0.05) is 19.7 Å². The molecule has 0 saturated carbocycles. The van der Waals surface area contributed by atoms with E-state index in [4.69, 9.17) is 16.3 Å². The summed E-state index contributed by atoms with van der Waals surface area (Å²) in [6.45, 7) is 4.20.